The highest BCUT2D eigenvalue weighted by Crippen LogP contribution is 2.41. The molecule has 0 saturated carbocycles. The third-order valence-corrected chi connectivity index (χ3v) is 4.14. The van der Waals surface area contributed by atoms with Gasteiger partial charge in [0.15, 0.2) is 0 Å². The Morgan fingerprint density at radius 1 is 0.833 bits per heavy atom. The molecule has 0 N–H and O–H groups in total. The summed E-state index contributed by atoms with van der Waals surface area (Å²) in [6.45, 7) is 3.93. The van der Waals surface area contributed by atoms with Crippen molar-refractivity contribution < 1.29 is 9.13 Å². The van der Waals surface area contributed by atoms with E-state index in [1.54, 1.807) is 0 Å². The van der Waals surface area contributed by atoms with Gasteiger partial charge in [-0.15, -0.1) is 0 Å². The van der Waals surface area contributed by atoms with E-state index in [1.165, 1.54) is 12.1 Å². The Kier molecular flexibility index (Phi) is 3.66. The van der Waals surface area contributed by atoms with Gasteiger partial charge in [0.2, 0.25) is 0 Å². The highest BCUT2D eigenvalue weighted by Gasteiger charge is 2.20. The van der Waals surface area contributed by atoms with Crippen LogP contribution in [0.1, 0.15) is 5.56 Å². The fourth-order valence-corrected chi connectivity index (χ4v) is 3.06. The minimum Gasteiger partial charge on any atom is -0.485 e. The van der Waals surface area contributed by atoms with Crippen molar-refractivity contribution in [1.82, 2.24) is 0 Å². The number of fused-ring (bicyclic) bond motifs is 1. The second-order valence-corrected chi connectivity index (χ2v) is 5.80. The van der Waals surface area contributed by atoms with E-state index >= 15 is 0 Å². The summed E-state index contributed by atoms with van der Waals surface area (Å²) < 4.78 is 20.1. The summed E-state index contributed by atoms with van der Waals surface area (Å²) in [5.41, 5.74) is 4.57. The van der Waals surface area contributed by atoms with Crippen molar-refractivity contribution in [3.8, 4) is 28.0 Å². The summed E-state index contributed by atoms with van der Waals surface area (Å²) in [4.78, 5) is 0. The monoisotopic (exact) mass is 315 g/mol. The molecule has 0 saturated heterocycles. The maximum absolute atomic E-state index is 14.2. The normalized spacial score (nSPS) is 15.7. The van der Waals surface area contributed by atoms with Crippen molar-refractivity contribution in [1.29, 1.82) is 0 Å². The van der Waals surface area contributed by atoms with Crippen LogP contribution in [0.15, 0.2) is 72.8 Å². The molecule has 4 rings (SSSR count). The number of ether oxygens (including phenoxy) is 1. The third kappa shape index (κ3) is 2.61. The highest BCUT2D eigenvalue weighted by atomic mass is 19.1. The van der Waals surface area contributed by atoms with Gasteiger partial charge in [-0.3, -0.25) is 0 Å². The van der Waals surface area contributed by atoms with Crippen LogP contribution in [-0.4, -0.2) is 6.10 Å². The van der Waals surface area contributed by atoms with Gasteiger partial charge in [0.25, 0.3) is 0 Å². The van der Waals surface area contributed by atoms with Gasteiger partial charge in [0, 0.05) is 11.1 Å². The lowest BCUT2D eigenvalue weighted by atomic mass is 9.92. The topological polar surface area (TPSA) is 9.23 Å². The zero-order chi connectivity index (χ0) is 16.5. The van der Waals surface area contributed by atoms with Gasteiger partial charge < -0.3 is 4.74 Å². The minimum atomic E-state index is -0.276. The summed E-state index contributed by atoms with van der Waals surface area (Å²) in [6.07, 6.45) is 3.42. The molecular formula is C22H16FO. The Bertz CT molecular complexity index is 913. The average Bonchev–Trinajstić information content (AvgIpc) is 2.62. The lowest BCUT2D eigenvalue weighted by Crippen LogP contribution is -2.13. The molecule has 0 spiro atoms. The molecule has 3 aromatic carbocycles. The van der Waals surface area contributed by atoms with E-state index in [9.17, 15) is 4.39 Å². The van der Waals surface area contributed by atoms with E-state index in [0.717, 1.165) is 27.8 Å². The molecule has 3 aromatic rings. The average molecular weight is 315 g/mol. The van der Waals surface area contributed by atoms with Gasteiger partial charge >= 0.3 is 0 Å². The minimum absolute atomic E-state index is 0.273. The number of rotatable bonds is 2. The third-order valence-electron chi connectivity index (χ3n) is 4.14. The molecular weight excluding hydrogens is 299 g/mol. The summed E-state index contributed by atoms with van der Waals surface area (Å²) in [6, 6.07) is 21.1. The number of hydrogen-bond acceptors (Lipinski definition) is 1. The first kappa shape index (κ1) is 14.7. The van der Waals surface area contributed by atoms with Crippen LogP contribution >= 0.6 is 0 Å². The lowest BCUT2D eigenvalue weighted by molar-refractivity contribution is 0.291. The Morgan fingerprint density at radius 2 is 1.54 bits per heavy atom. The second kappa shape index (κ2) is 5.97. The molecule has 1 radical (unpaired) electrons. The number of hydrogen-bond donors (Lipinski definition) is 0. The molecule has 0 amide bonds. The SMILES string of the molecule is [CH2][C@@H]1C=Cc2cc(F)cc(-c3ccccc3-c3ccccc3)c2O1. The maximum atomic E-state index is 14.2. The Labute approximate surface area is 141 Å². The summed E-state index contributed by atoms with van der Waals surface area (Å²) >= 11 is 0. The molecule has 0 bridgehead atoms. The summed E-state index contributed by atoms with van der Waals surface area (Å²) in [5, 5.41) is 0. The van der Waals surface area contributed by atoms with E-state index < -0.39 is 0 Å². The van der Waals surface area contributed by atoms with Crippen molar-refractivity contribution in [2.75, 3.05) is 0 Å². The van der Waals surface area contributed by atoms with E-state index in [2.05, 4.69) is 19.1 Å². The van der Waals surface area contributed by atoms with Crippen molar-refractivity contribution in [2.24, 2.45) is 0 Å². The molecule has 0 unspecified atom stereocenters. The van der Waals surface area contributed by atoms with Gasteiger partial charge in [-0.25, -0.2) is 4.39 Å². The zero-order valence-corrected chi connectivity index (χ0v) is 13.1. The van der Waals surface area contributed by atoms with Crippen molar-refractivity contribution >= 4 is 6.08 Å². The van der Waals surface area contributed by atoms with E-state index in [1.807, 2.05) is 54.6 Å². The van der Waals surface area contributed by atoms with Crippen molar-refractivity contribution in [3.05, 3.63) is 91.1 Å². The second-order valence-electron chi connectivity index (χ2n) is 5.80. The first-order valence-electron chi connectivity index (χ1n) is 7.89. The zero-order valence-electron chi connectivity index (χ0n) is 13.1. The van der Waals surface area contributed by atoms with Crippen molar-refractivity contribution in [3.63, 3.8) is 0 Å². The smallest absolute Gasteiger partial charge is 0.135 e. The van der Waals surface area contributed by atoms with E-state index in [-0.39, 0.29) is 11.9 Å². The van der Waals surface area contributed by atoms with Crippen LogP contribution in [0.25, 0.3) is 28.3 Å². The number of halogens is 1. The van der Waals surface area contributed by atoms with Crippen LogP contribution in [0.2, 0.25) is 0 Å². The van der Waals surface area contributed by atoms with E-state index in [4.69, 9.17) is 4.74 Å². The van der Waals surface area contributed by atoms with Gasteiger partial charge in [-0.2, -0.15) is 0 Å². The lowest BCUT2D eigenvalue weighted by Gasteiger charge is -2.22. The van der Waals surface area contributed by atoms with Crippen LogP contribution in [0.4, 0.5) is 4.39 Å². The molecule has 1 heterocycles. The quantitative estimate of drug-likeness (QED) is 0.583. The molecule has 0 aromatic heterocycles. The van der Waals surface area contributed by atoms with Crippen LogP contribution < -0.4 is 4.74 Å². The summed E-state index contributed by atoms with van der Waals surface area (Å²) in [7, 11) is 0. The Morgan fingerprint density at radius 3 is 2.33 bits per heavy atom. The molecule has 1 atom stereocenters. The maximum Gasteiger partial charge on any atom is 0.135 e. The molecule has 1 aliphatic rings. The molecule has 0 aliphatic carbocycles. The first-order valence-corrected chi connectivity index (χ1v) is 7.89. The van der Waals surface area contributed by atoms with Crippen LogP contribution in [0.5, 0.6) is 5.75 Å². The predicted molar refractivity (Wildman–Crippen MR) is 96.1 cm³/mol. The molecule has 117 valence electrons. The molecule has 24 heavy (non-hydrogen) atoms. The summed E-state index contributed by atoms with van der Waals surface area (Å²) in [5.74, 6) is 0.407. The molecule has 0 fully saturated rings. The number of benzene rings is 3. The highest BCUT2D eigenvalue weighted by molar-refractivity contribution is 5.88. The predicted octanol–water partition coefficient (Wildman–Crippen LogP) is 5.77. The fourth-order valence-electron chi connectivity index (χ4n) is 3.06. The molecule has 1 aliphatic heterocycles. The van der Waals surface area contributed by atoms with Crippen LogP contribution in [0, 0.1) is 12.7 Å². The van der Waals surface area contributed by atoms with E-state index in [0.29, 0.717) is 5.75 Å². The van der Waals surface area contributed by atoms with Gasteiger partial charge in [0.1, 0.15) is 17.7 Å². The molecule has 1 nitrogen and oxygen atoms in total. The van der Waals surface area contributed by atoms with Gasteiger partial charge in [0.05, 0.1) is 0 Å². The Balaban J connectivity index is 1.96. The van der Waals surface area contributed by atoms with Gasteiger partial charge in [-0.05, 0) is 41.8 Å². The Hall–Kier alpha value is -2.87. The van der Waals surface area contributed by atoms with Crippen molar-refractivity contribution in [2.45, 2.75) is 6.10 Å². The largest absolute Gasteiger partial charge is 0.485 e. The molecule has 2 heteroatoms. The van der Waals surface area contributed by atoms with Gasteiger partial charge in [-0.1, -0.05) is 60.7 Å². The first-order chi connectivity index (χ1) is 11.7. The van der Waals surface area contributed by atoms with Crippen LogP contribution in [0.3, 0.4) is 0 Å². The standard InChI is InChI=1S/C22H16FO/c1-15-11-12-17-13-18(23)14-21(22(17)24-15)20-10-6-5-9-19(20)16-7-3-2-4-8-16/h2-15H,1H2/t15-/m1/s1. The van der Waals surface area contributed by atoms with Crippen LogP contribution in [-0.2, 0) is 0 Å². The fraction of sp³-hybridized carbons (Fsp3) is 0.0455.